The van der Waals surface area contributed by atoms with Gasteiger partial charge in [-0.05, 0) is 30.7 Å². The van der Waals surface area contributed by atoms with Crippen LogP contribution < -0.4 is 0 Å². The molecule has 128 valence electrons. The lowest BCUT2D eigenvalue weighted by molar-refractivity contribution is 0.0689. The number of aromatic carboxylic acids is 1. The highest BCUT2D eigenvalue weighted by Crippen LogP contribution is 2.35. The molecule has 0 bridgehead atoms. The Morgan fingerprint density at radius 2 is 1.88 bits per heavy atom. The molecule has 7 heteroatoms. The third-order valence-corrected chi connectivity index (χ3v) is 5.15. The summed E-state index contributed by atoms with van der Waals surface area (Å²) in [4.78, 5) is 11.7. The third-order valence-electron chi connectivity index (χ3n) is 3.82. The zero-order valence-electron chi connectivity index (χ0n) is 13.1. The van der Waals surface area contributed by atoms with Gasteiger partial charge in [0.2, 0.25) is 0 Å². The van der Waals surface area contributed by atoms with Crippen molar-refractivity contribution in [1.29, 1.82) is 0 Å². The molecular weight excluding hydrogens is 427 g/mol. The number of hydrogen-bond donors (Lipinski definition) is 1. The molecule has 0 radical (unpaired) electrons. The Kier molecular flexibility index (Phi) is 5.18. The third kappa shape index (κ3) is 3.32. The maximum Gasteiger partial charge on any atom is 0.356 e. The molecule has 0 aliphatic rings. The van der Waals surface area contributed by atoms with Crippen LogP contribution in [-0.4, -0.2) is 20.9 Å². The van der Waals surface area contributed by atoms with Crippen LogP contribution in [0.5, 0.6) is 0 Å². The Labute approximate surface area is 163 Å². The molecule has 0 saturated heterocycles. The molecule has 0 amide bonds. The van der Waals surface area contributed by atoms with Crippen molar-refractivity contribution in [3.63, 3.8) is 0 Å². The van der Waals surface area contributed by atoms with Crippen molar-refractivity contribution in [2.75, 3.05) is 0 Å². The van der Waals surface area contributed by atoms with Crippen molar-refractivity contribution in [3.05, 3.63) is 68.2 Å². The van der Waals surface area contributed by atoms with Gasteiger partial charge in [-0.15, -0.1) is 0 Å². The molecule has 1 N–H and O–H groups in total. The molecule has 0 spiro atoms. The number of nitrogens with zero attached hydrogens (tertiary/aromatic N) is 2. The normalized spacial score (nSPS) is 10.9. The monoisotopic (exact) mass is 438 g/mol. The summed E-state index contributed by atoms with van der Waals surface area (Å²) in [5.41, 5.74) is 2.73. The maximum atomic E-state index is 11.7. The van der Waals surface area contributed by atoms with Gasteiger partial charge in [-0.1, -0.05) is 64.3 Å². The fraction of sp³-hybridized carbons (Fsp3) is 0.111. The summed E-state index contributed by atoms with van der Waals surface area (Å²) < 4.78 is 2.49. The number of carboxylic acid groups (broad SMARTS) is 1. The lowest BCUT2D eigenvalue weighted by Gasteiger charge is -2.12. The highest BCUT2D eigenvalue weighted by molar-refractivity contribution is 9.10. The van der Waals surface area contributed by atoms with Gasteiger partial charge in [-0.3, -0.25) is 0 Å². The number of hydrogen-bond acceptors (Lipinski definition) is 2. The molecule has 4 nitrogen and oxygen atoms in total. The second-order valence-electron chi connectivity index (χ2n) is 5.33. The predicted octanol–water partition coefficient (Wildman–Crippen LogP) is 5.87. The lowest BCUT2D eigenvalue weighted by atomic mass is 10.0. The number of carbonyl (C=O) groups is 1. The van der Waals surface area contributed by atoms with Gasteiger partial charge < -0.3 is 5.11 Å². The molecule has 2 aromatic carbocycles. The summed E-state index contributed by atoms with van der Waals surface area (Å²) in [5.74, 6) is -1.08. The molecule has 3 rings (SSSR count). The van der Waals surface area contributed by atoms with E-state index in [1.807, 2.05) is 31.2 Å². The van der Waals surface area contributed by atoms with E-state index in [-0.39, 0.29) is 5.69 Å². The quantitative estimate of drug-likeness (QED) is 0.553. The zero-order chi connectivity index (χ0) is 18.1. The van der Waals surface area contributed by atoms with Crippen LogP contribution in [0.3, 0.4) is 0 Å². The average molecular weight is 440 g/mol. The molecule has 1 aromatic heterocycles. The molecule has 3 aromatic rings. The molecule has 25 heavy (non-hydrogen) atoms. The fourth-order valence-corrected chi connectivity index (χ4v) is 3.33. The van der Waals surface area contributed by atoms with Gasteiger partial charge >= 0.3 is 5.97 Å². The van der Waals surface area contributed by atoms with Crippen LogP contribution in [0.1, 0.15) is 23.0 Å². The van der Waals surface area contributed by atoms with Gasteiger partial charge in [0.25, 0.3) is 0 Å². The van der Waals surface area contributed by atoms with Crippen molar-refractivity contribution in [2.24, 2.45) is 0 Å². The number of benzene rings is 2. The summed E-state index contributed by atoms with van der Waals surface area (Å²) in [7, 11) is 0. The predicted molar refractivity (Wildman–Crippen MR) is 103 cm³/mol. The summed E-state index contributed by atoms with van der Waals surface area (Å²) in [6.07, 6.45) is 0.519. The van der Waals surface area contributed by atoms with E-state index in [2.05, 4.69) is 21.0 Å². The van der Waals surface area contributed by atoms with E-state index in [1.165, 1.54) is 0 Å². The number of carboxylic acids is 1. The molecule has 0 fully saturated rings. The Morgan fingerprint density at radius 3 is 2.48 bits per heavy atom. The zero-order valence-corrected chi connectivity index (χ0v) is 16.2. The second-order valence-corrected chi connectivity index (χ2v) is 7.03. The van der Waals surface area contributed by atoms with Gasteiger partial charge in [0, 0.05) is 15.6 Å². The number of rotatable bonds is 4. The SMILES string of the molecule is CCc1c(C(=O)O)nn(-c2cccc(Cl)c2Cl)c1-c1ccc(Br)cc1. The van der Waals surface area contributed by atoms with E-state index >= 15 is 0 Å². The van der Waals surface area contributed by atoms with E-state index in [0.29, 0.717) is 33.4 Å². The largest absolute Gasteiger partial charge is 0.476 e. The van der Waals surface area contributed by atoms with Crippen molar-refractivity contribution in [1.82, 2.24) is 9.78 Å². The van der Waals surface area contributed by atoms with Gasteiger partial charge in [-0.25, -0.2) is 9.48 Å². The number of aromatic nitrogens is 2. The first-order chi connectivity index (χ1) is 11.9. The average Bonchev–Trinajstić information content (AvgIpc) is 2.97. The standard InChI is InChI=1S/C18H13BrCl2N2O2/c1-2-12-16(18(24)25)22-23(14-5-3-4-13(20)15(14)21)17(12)10-6-8-11(19)9-7-10/h3-9H,2H2,1H3,(H,24,25). The van der Waals surface area contributed by atoms with Gasteiger partial charge in [0.15, 0.2) is 5.69 Å². The van der Waals surface area contributed by atoms with Crippen LogP contribution in [0, 0.1) is 0 Å². The first-order valence-corrected chi connectivity index (χ1v) is 9.04. The summed E-state index contributed by atoms with van der Waals surface area (Å²) in [5, 5.41) is 14.6. The summed E-state index contributed by atoms with van der Waals surface area (Å²) >= 11 is 15.9. The molecule has 0 saturated carbocycles. The van der Waals surface area contributed by atoms with Gasteiger partial charge in [-0.2, -0.15) is 5.10 Å². The van der Waals surface area contributed by atoms with Crippen molar-refractivity contribution in [3.8, 4) is 16.9 Å². The highest BCUT2D eigenvalue weighted by atomic mass is 79.9. The maximum absolute atomic E-state index is 11.7. The van der Waals surface area contributed by atoms with E-state index in [9.17, 15) is 9.90 Å². The minimum atomic E-state index is -1.08. The molecule has 1 heterocycles. The minimum absolute atomic E-state index is 0.0106. The van der Waals surface area contributed by atoms with E-state index in [4.69, 9.17) is 23.2 Å². The second kappa shape index (κ2) is 7.20. The number of halogens is 3. The highest BCUT2D eigenvalue weighted by Gasteiger charge is 2.24. The fourth-order valence-electron chi connectivity index (χ4n) is 2.69. The van der Waals surface area contributed by atoms with E-state index in [0.717, 1.165) is 10.0 Å². The summed E-state index contributed by atoms with van der Waals surface area (Å²) in [6, 6.07) is 12.8. The Bertz CT molecular complexity index is 952. The molecular formula is C18H13BrCl2N2O2. The van der Waals surface area contributed by atoms with Gasteiger partial charge in [0.05, 0.1) is 21.4 Å². The first kappa shape index (κ1) is 18.0. The minimum Gasteiger partial charge on any atom is -0.476 e. The lowest BCUT2D eigenvalue weighted by Crippen LogP contribution is -2.03. The molecule has 0 aliphatic heterocycles. The summed E-state index contributed by atoms with van der Waals surface area (Å²) in [6.45, 7) is 1.90. The van der Waals surface area contributed by atoms with Crippen LogP contribution in [0.15, 0.2) is 46.9 Å². The Morgan fingerprint density at radius 1 is 1.20 bits per heavy atom. The smallest absolute Gasteiger partial charge is 0.356 e. The van der Waals surface area contributed by atoms with Crippen LogP contribution in [0.25, 0.3) is 16.9 Å². The first-order valence-electron chi connectivity index (χ1n) is 7.49. The van der Waals surface area contributed by atoms with Crippen molar-refractivity contribution in [2.45, 2.75) is 13.3 Å². The topological polar surface area (TPSA) is 55.1 Å². The Balaban J connectivity index is 2.36. The molecule has 0 aliphatic carbocycles. The van der Waals surface area contributed by atoms with Crippen molar-refractivity contribution < 1.29 is 9.90 Å². The van der Waals surface area contributed by atoms with Crippen LogP contribution >= 0.6 is 39.1 Å². The Hall–Kier alpha value is -1.82. The molecule has 0 unspecified atom stereocenters. The van der Waals surface area contributed by atoms with Crippen LogP contribution in [-0.2, 0) is 6.42 Å². The van der Waals surface area contributed by atoms with Gasteiger partial charge in [0.1, 0.15) is 0 Å². The molecule has 0 atom stereocenters. The van der Waals surface area contributed by atoms with Crippen molar-refractivity contribution >= 4 is 45.1 Å². The van der Waals surface area contributed by atoms with E-state index < -0.39 is 5.97 Å². The van der Waals surface area contributed by atoms with Crippen LogP contribution in [0.2, 0.25) is 10.0 Å². The van der Waals surface area contributed by atoms with E-state index in [1.54, 1.807) is 22.9 Å². The van der Waals surface area contributed by atoms with Crippen LogP contribution in [0.4, 0.5) is 0 Å².